The Balaban J connectivity index is 2.10. The van der Waals surface area contributed by atoms with Gasteiger partial charge in [0.1, 0.15) is 18.3 Å². The van der Waals surface area contributed by atoms with Crippen molar-refractivity contribution in [3.63, 3.8) is 0 Å². The standard InChI is InChI=1S/C27H29Cl2N3O5S/c1-18-5-12-23(13-6-18)38(35,36)32(24-15-22(29)11-14-25(24)37-4)17-26(33)31(19(2)27(34)30-3)16-20-7-9-21(28)10-8-20/h5-15,19H,16-17H2,1-4H3,(H,30,34)/t19-/m1/s1. The van der Waals surface area contributed by atoms with Crippen LogP contribution in [0.5, 0.6) is 5.75 Å². The molecule has 1 N–H and O–H groups in total. The number of amides is 2. The Kier molecular flexibility index (Phi) is 9.65. The lowest BCUT2D eigenvalue weighted by molar-refractivity contribution is -0.139. The first-order valence-corrected chi connectivity index (χ1v) is 13.9. The van der Waals surface area contributed by atoms with Crippen molar-refractivity contribution in [2.45, 2.75) is 31.3 Å². The zero-order chi connectivity index (χ0) is 28.0. The van der Waals surface area contributed by atoms with Gasteiger partial charge in [0, 0.05) is 23.6 Å². The summed E-state index contributed by atoms with van der Waals surface area (Å²) in [6, 6.07) is 16.7. The topological polar surface area (TPSA) is 96.0 Å². The summed E-state index contributed by atoms with van der Waals surface area (Å²) in [6.07, 6.45) is 0. The molecule has 0 aliphatic rings. The molecule has 3 aromatic rings. The Morgan fingerprint density at radius 3 is 2.16 bits per heavy atom. The molecule has 0 saturated heterocycles. The predicted molar refractivity (Wildman–Crippen MR) is 149 cm³/mol. The van der Waals surface area contributed by atoms with E-state index in [-0.39, 0.29) is 27.9 Å². The second kappa shape index (κ2) is 12.5. The van der Waals surface area contributed by atoms with Gasteiger partial charge in [-0.1, -0.05) is 53.0 Å². The number of hydrogen-bond donors (Lipinski definition) is 1. The SMILES string of the molecule is CNC(=O)[C@@H](C)N(Cc1ccc(Cl)cc1)C(=O)CN(c1cc(Cl)ccc1OC)S(=O)(=O)c1ccc(C)cc1. The molecule has 11 heteroatoms. The number of methoxy groups -OCH3 is 1. The maximum absolute atomic E-state index is 13.9. The van der Waals surface area contributed by atoms with E-state index in [1.807, 2.05) is 6.92 Å². The molecule has 38 heavy (non-hydrogen) atoms. The highest BCUT2D eigenvalue weighted by Crippen LogP contribution is 2.35. The van der Waals surface area contributed by atoms with Crippen molar-refractivity contribution in [1.82, 2.24) is 10.2 Å². The van der Waals surface area contributed by atoms with E-state index in [0.717, 1.165) is 9.87 Å². The quantitative estimate of drug-likeness (QED) is 0.378. The minimum atomic E-state index is -4.25. The highest BCUT2D eigenvalue weighted by atomic mass is 35.5. The third-order valence-corrected chi connectivity index (χ3v) is 8.24. The Bertz CT molecular complexity index is 1400. The summed E-state index contributed by atoms with van der Waals surface area (Å²) in [7, 11) is -1.39. The normalized spacial score (nSPS) is 11.9. The van der Waals surface area contributed by atoms with Gasteiger partial charge in [0.05, 0.1) is 17.7 Å². The van der Waals surface area contributed by atoms with Gasteiger partial charge in [-0.3, -0.25) is 13.9 Å². The number of ether oxygens (including phenoxy) is 1. The van der Waals surface area contributed by atoms with E-state index in [9.17, 15) is 18.0 Å². The predicted octanol–water partition coefficient (Wildman–Crippen LogP) is 4.67. The van der Waals surface area contributed by atoms with Crippen LogP contribution in [0.3, 0.4) is 0 Å². The Morgan fingerprint density at radius 2 is 1.58 bits per heavy atom. The van der Waals surface area contributed by atoms with Crippen molar-refractivity contribution in [3.8, 4) is 5.75 Å². The number of likely N-dealkylation sites (N-methyl/N-ethyl adjacent to an activating group) is 1. The first kappa shape index (κ1) is 29.3. The molecule has 0 saturated carbocycles. The molecular weight excluding hydrogens is 549 g/mol. The number of rotatable bonds is 10. The fourth-order valence-corrected chi connectivity index (χ4v) is 5.50. The second-order valence-electron chi connectivity index (χ2n) is 8.58. The van der Waals surface area contributed by atoms with Crippen LogP contribution in [0.2, 0.25) is 10.0 Å². The summed E-state index contributed by atoms with van der Waals surface area (Å²) in [6.45, 7) is 2.86. The summed E-state index contributed by atoms with van der Waals surface area (Å²) >= 11 is 12.2. The first-order valence-electron chi connectivity index (χ1n) is 11.7. The van der Waals surface area contributed by atoms with Crippen LogP contribution < -0.4 is 14.4 Å². The summed E-state index contributed by atoms with van der Waals surface area (Å²) in [5.41, 5.74) is 1.68. The van der Waals surface area contributed by atoms with Crippen LogP contribution >= 0.6 is 23.2 Å². The van der Waals surface area contributed by atoms with Gasteiger partial charge in [-0.05, 0) is 61.9 Å². The van der Waals surface area contributed by atoms with Gasteiger partial charge in [-0.2, -0.15) is 0 Å². The minimum Gasteiger partial charge on any atom is -0.495 e. The highest BCUT2D eigenvalue weighted by Gasteiger charge is 2.33. The van der Waals surface area contributed by atoms with Gasteiger partial charge >= 0.3 is 0 Å². The fourth-order valence-electron chi connectivity index (χ4n) is 3.79. The average molecular weight is 579 g/mol. The van der Waals surface area contributed by atoms with E-state index in [4.69, 9.17) is 27.9 Å². The van der Waals surface area contributed by atoms with E-state index >= 15 is 0 Å². The number of hydrogen-bond acceptors (Lipinski definition) is 5. The highest BCUT2D eigenvalue weighted by molar-refractivity contribution is 7.92. The second-order valence-corrected chi connectivity index (χ2v) is 11.3. The minimum absolute atomic E-state index is 0.0125. The van der Waals surface area contributed by atoms with E-state index in [0.29, 0.717) is 10.6 Å². The monoisotopic (exact) mass is 577 g/mol. The van der Waals surface area contributed by atoms with Crippen molar-refractivity contribution >= 4 is 50.7 Å². The summed E-state index contributed by atoms with van der Waals surface area (Å²) in [4.78, 5) is 27.7. The van der Waals surface area contributed by atoms with Crippen LogP contribution in [0.4, 0.5) is 5.69 Å². The van der Waals surface area contributed by atoms with Crippen LogP contribution in [-0.4, -0.2) is 51.9 Å². The zero-order valence-corrected chi connectivity index (χ0v) is 23.8. The van der Waals surface area contributed by atoms with E-state index in [1.54, 1.807) is 49.4 Å². The van der Waals surface area contributed by atoms with Gasteiger partial charge < -0.3 is 15.0 Å². The maximum atomic E-state index is 13.9. The van der Waals surface area contributed by atoms with Crippen LogP contribution in [0.15, 0.2) is 71.6 Å². The molecule has 0 aliphatic heterocycles. The van der Waals surface area contributed by atoms with Crippen molar-refractivity contribution in [3.05, 3.63) is 87.9 Å². The third kappa shape index (κ3) is 6.78. The Labute approximate surface area is 233 Å². The molecule has 3 rings (SSSR count). The molecule has 0 aromatic heterocycles. The van der Waals surface area contributed by atoms with Crippen molar-refractivity contribution in [2.24, 2.45) is 0 Å². The zero-order valence-electron chi connectivity index (χ0n) is 21.4. The molecule has 0 radical (unpaired) electrons. The van der Waals surface area contributed by atoms with Crippen LogP contribution in [0.1, 0.15) is 18.1 Å². The molecule has 0 fully saturated rings. The number of halogens is 2. The van der Waals surface area contributed by atoms with Crippen LogP contribution in [0.25, 0.3) is 0 Å². The van der Waals surface area contributed by atoms with Crippen molar-refractivity contribution in [2.75, 3.05) is 25.0 Å². The van der Waals surface area contributed by atoms with E-state index in [1.165, 1.54) is 43.3 Å². The number of aryl methyl sites for hydroxylation is 1. The lowest BCUT2D eigenvalue weighted by atomic mass is 10.1. The molecule has 0 spiro atoms. The molecule has 8 nitrogen and oxygen atoms in total. The van der Waals surface area contributed by atoms with Gasteiger partial charge in [0.2, 0.25) is 11.8 Å². The third-order valence-electron chi connectivity index (χ3n) is 5.98. The van der Waals surface area contributed by atoms with Crippen molar-refractivity contribution in [1.29, 1.82) is 0 Å². The molecular formula is C27H29Cl2N3O5S. The molecule has 2 amide bonds. The molecule has 0 unspecified atom stereocenters. The fraction of sp³-hybridized carbons (Fsp3) is 0.259. The molecule has 202 valence electrons. The van der Waals surface area contributed by atoms with Crippen LogP contribution in [-0.2, 0) is 26.2 Å². The maximum Gasteiger partial charge on any atom is 0.264 e. The van der Waals surface area contributed by atoms with Gasteiger partial charge in [-0.25, -0.2) is 8.42 Å². The van der Waals surface area contributed by atoms with Crippen LogP contribution in [0, 0.1) is 6.92 Å². The smallest absolute Gasteiger partial charge is 0.264 e. The number of carbonyl (C=O) groups excluding carboxylic acids is 2. The van der Waals surface area contributed by atoms with Gasteiger partial charge in [-0.15, -0.1) is 0 Å². The summed E-state index contributed by atoms with van der Waals surface area (Å²) in [5.74, 6) is -0.796. The molecule has 0 heterocycles. The summed E-state index contributed by atoms with van der Waals surface area (Å²) in [5, 5.41) is 3.32. The first-order chi connectivity index (χ1) is 18.0. The Morgan fingerprint density at radius 1 is 0.974 bits per heavy atom. The number of anilines is 1. The average Bonchev–Trinajstić information content (AvgIpc) is 2.90. The van der Waals surface area contributed by atoms with Crippen molar-refractivity contribution < 1.29 is 22.7 Å². The number of nitrogens with zero attached hydrogens (tertiary/aromatic N) is 2. The molecule has 0 aliphatic carbocycles. The summed E-state index contributed by atoms with van der Waals surface area (Å²) < 4.78 is 34.2. The largest absolute Gasteiger partial charge is 0.495 e. The number of carbonyl (C=O) groups is 2. The van der Waals surface area contributed by atoms with Gasteiger partial charge in [0.15, 0.2) is 0 Å². The Hall–Kier alpha value is -3.27. The van der Waals surface area contributed by atoms with E-state index < -0.39 is 34.4 Å². The lowest BCUT2D eigenvalue weighted by Crippen LogP contribution is -2.50. The molecule has 0 bridgehead atoms. The number of sulfonamides is 1. The molecule has 3 aromatic carbocycles. The lowest BCUT2D eigenvalue weighted by Gasteiger charge is -2.32. The number of benzene rings is 3. The molecule has 1 atom stereocenters. The van der Waals surface area contributed by atoms with Gasteiger partial charge in [0.25, 0.3) is 10.0 Å². The van der Waals surface area contributed by atoms with E-state index in [2.05, 4.69) is 5.32 Å². The number of nitrogens with one attached hydrogen (secondary N) is 1.